The topological polar surface area (TPSA) is 25.8 Å². The molecule has 0 radical (unpaired) electrons. The summed E-state index contributed by atoms with van der Waals surface area (Å²) in [6.45, 7) is 4.45. The summed E-state index contributed by atoms with van der Waals surface area (Å²) in [4.78, 5) is 8.87. The first-order valence-corrected chi connectivity index (χ1v) is 7.78. The summed E-state index contributed by atoms with van der Waals surface area (Å²) in [7, 11) is 0. The molecule has 0 fully saturated rings. The Morgan fingerprint density at radius 2 is 1.95 bits per heavy atom. The lowest BCUT2D eigenvalue weighted by Crippen LogP contribution is -1.97. The van der Waals surface area contributed by atoms with Crippen molar-refractivity contribution in [1.82, 2.24) is 9.97 Å². The third-order valence-corrected chi connectivity index (χ3v) is 4.35. The number of benzene rings is 1. The van der Waals surface area contributed by atoms with Crippen LogP contribution in [0, 0.1) is 5.92 Å². The lowest BCUT2D eigenvalue weighted by molar-refractivity contribution is 0.636. The molecular weight excluding hydrogens is 276 g/mol. The van der Waals surface area contributed by atoms with E-state index in [1.54, 1.807) is 11.8 Å². The Morgan fingerprint density at radius 3 is 2.63 bits per heavy atom. The molecule has 0 saturated heterocycles. The van der Waals surface area contributed by atoms with Crippen molar-refractivity contribution >= 4 is 23.4 Å². The third kappa shape index (κ3) is 4.22. The molecule has 1 heterocycles. The van der Waals surface area contributed by atoms with E-state index in [2.05, 4.69) is 23.8 Å². The Kier molecular flexibility index (Phi) is 5.23. The van der Waals surface area contributed by atoms with E-state index in [4.69, 9.17) is 11.6 Å². The van der Waals surface area contributed by atoms with E-state index in [1.807, 2.05) is 36.4 Å². The van der Waals surface area contributed by atoms with E-state index in [0.717, 1.165) is 16.3 Å². The van der Waals surface area contributed by atoms with Gasteiger partial charge in [0.1, 0.15) is 10.2 Å². The molecule has 0 N–H and O–H groups in total. The van der Waals surface area contributed by atoms with E-state index in [9.17, 15) is 0 Å². The van der Waals surface area contributed by atoms with Crippen molar-refractivity contribution in [3.8, 4) is 11.4 Å². The van der Waals surface area contributed by atoms with Gasteiger partial charge in [-0.2, -0.15) is 0 Å². The first-order chi connectivity index (χ1) is 9.19. The Balaban J connectivity index is 2.20. The monoisotopic (exact) mass is 292 g/mol. The normalized spacial score (nSPS) is 12.4. The molecule has 1 aromatic heterocycles. The van der Waals surface area contributed by atoms with E-state index in [0.29, 0.717) is 16.9 Å². The smallest absolute Gasteiger partial charge is 0.162 e. The van der Waals surface area contributed by atoms with Gasteiger partial charge in [0, 0.05) is 17.4 Å². The second-order valence-electron chi connectivity index (χ2n) is 4.54. The van der Waals surface area contributed by atoms with Crippen LogP contribution in [0.3, 0.4) is 0 Å². The van der Waals surface area contributed by atoms with E-state index in [1.165, 1.54) is 6.42 Å². The molecule has 4 heteroatoms. The molecule has 0 aliphatic rings. The second kappa shape index (κ2) is 6.92. The molecule has 2 nitrogen and oxygen atoms in total. The number of nitrogens with zero attached hydrogens (tertiary/aromatic N) is 2. The highest BCUT2D eigenvalue weighted by molar-refractivity contribution is 7.99. The minimum atomic E-state index is 0.500. The van der Waals surface area contributed by atoms with Crippen molar-refractivity contribution in [1.29, 1.82) is 0 Å². The number of hydrogen-bond acceptors (Lipinski definition) is 3. The fraction of sp³-hybridized carbons (Fsp3) is 0.333. The largest absolute Gasteiger partial charge is 0.222 e. The van der Waals surface area contributed by atoms with Gasteiger partial charge in [0.2, 0.25) is 0 Å². The van der Waals surface area contributed by atoms with Gasteiger partial charge in [-0.15, -0.1) is 11.8 Å². The van der Waals surface area contributed by atoms with Crippen LogP contribution in [0.4, 0.5) is 0 Å². The summed E-state index contributed by atoms with van der Waals surface area (Å²) < 4.78 is 0. The Bertz CT molecular complexity index is 531. The van der Waals surface area contributed by atoms with Crippen molar-refractivity contribution in [2.45, 2.75) is 25.3 Å². The first kappa shape index (κ1) is 14.4. The van der Waals surface area contributed by atoms with Gasteiger partial charge in [0.05, 0.1) is 0 Å². The fourth-order valence-corrected chi connectivity index (χ4v) is 2.82. The van der Waals surface area contributed by atoms with Crippen LogP contribution < -0.4 is 0 Å². The number of aromatic nitrogens is 2. The van der Waals surface area contributed by atoms with Crippen LogP contribution in [0.15, 0.2) is 41.4 Å². The van der Waals surface area contributed by atoms with Gasteiger partial charge in [-0.3, -0.25) is 0 Å². The molecule has 1 unspecified atom stereocenters. The summed E-state index contributed by atoms with van der Waals surface area (Å²) in [5, 5.41) is 1.44. The summed E-state index contributed by atoms with van der Waals surface area (Å²) in [6.07, 6.45) is 1.18. The van der Waals surface area contributed by atoms with Gasteiger partial charge in [-0.05, 0) is 5.92 Å². The average molecular weight is 293 g/mol. The van der Waals surface area contributed by atoms with Crippen molar-refractivity contribution < 1.29 is 0 Å². The molecule has 2 rings (SSSR count). The maximum atomic E-state index is 6.08. The van der Waals surface area contributed by atoms with Gasteiger partial charge in [0.25, 0.3) is 0 Å². The van der Waals surface area contributed by atoms with E-state index < -0.39 is 0 Å². The van der Waals surface area contributed by atoms with Crippen LogP contribution in [-0.2, 0) is 0 Å². The quantitative estimate of drug-likeness (QED) is 0.577. The Morgan fingerprint density at radius 1 is 1.21 bits per heavy atom. The zero-order chi connectivity index (χ0) is 13.7. The molecule has 0 aliphatic carbocycles. The van der Waals surface area contributed by atoms with Crippen LogP contribution in [0.5, 0.6) is 0 Å². The lowest BCUT2D eigenvalue weighted by atomic mass is 10.2. The SMILES string of the molecule is CCC(C)CSc1cc(Cl)nc(-c2ccccc2)n1. The second-order valence-corrected chi connectivity index (χ2v) is 5.97. The average Bonchev–Trinajstić information content (AvgIpc) is 2.45. The molecule has 1 aromatic carbocycles. The molecule has 0 spiro atoms. The molecule has 0 amide bonds. The zero-order valence-electron chi connectivity index (χ0n) is 11.1. The van der Waals surface area contributed by atoms with E-state index in [-0.39, 0.29) is 0 Å². The van der Waals surface area contributed by atoms with Crippen LogP contribution in [0.2, 0.25) is 5.15 Å². The van der Waals surface area contributed by atoms with Crippen LogP contribution in [0.25, 0.3) is 11.4 Å². The van der Waals surface area contributed by atoms with Crippen molar-refractivity contribution in [2.75, 3.05) is 5.75 Å². The third-order valence-electron chi connectivity index (χ3n) is 2.92. The summed E-state index contributed by atoms with van der Waals surface area (Å²) in [6, 6.07) is 11.8. The number of hydrogen-bond donors (Lipinski definition) is 0. The van der Waals surface area contributed by atoms with Crippen molar-refractivity contribution in [2.24, 2.45) is 5.92 Å². The molecule has 0 bridgehead atoms. The number of thioether (sulfide) groups is 1. The van der Waals surface area contributed by atoms with Crippen LogP contribution in [-0.4, -0.2) is 15.7 Å². The van der Waals surface area contributed by atoms with Crippen LogP contribution >= 0.6 is 23.4 Å². The molecular formula is C15H17ClN2S. The minimum absolute atomic E-state index is 0.500. The fourth-order valence-electron chi connectivity index (χ4n) is 1.53. The van der Waals surface area contributed by atoms with Gasteiger partial charge < -0.3 is 0 Å². The van der Waals surface area contributed by atoms with E-state index >= 15 is 0 Å². The first-order valence-electron chi connectivity index (χ1n) is 6.42. The molecule has 2 aromatic rings. The van der Waals surface area contributed by atoms with Gasteiger partial charge in [-0.1, -0.05) is 62.2 Å². The predicted octanol–water partition coefficient (Wildman–Crippen LogP) is 4.94. The number of halogens is 1. The molecule has 0 aliphatic heterocycles. The highest BCUT2D eigenvalue weighted by Crippen LogP contribution is 2.25. The highest BCUT2D eigenvalue weighted by Gasteiger charge is 2.07. The standard InChI is InChI=1S/C15H17ClN2S/c1-3-11(2)10-19-14-9-13(16)17-15(18-14)12-7-5-4-6-8-12/h4-9,11H,3,10H2,1-2H3. The van der Waals surface area contributed by atoms with Crippen LogP contribution in [0.1, 0.15) is 20.3 Å². The Labute approximate surface area is 123 Å². The maximum Gasteiger partial charge on any atom is 0.162 e. The summed E-state index contributed by atoms with van der Waals surface area (Å²) in [5.74, 6) is 2.43. The maximum absolute atomic E-state index is 6.08. The van der Waals surface area contributed by atoms with Gasteiger partial charge in [-0.25, -0.2) is 9.97 Å². The van der Waals surface area contributed by atoms with Gasteiger partial charge >= 0.3 is 0 Å². The predicted molar refractivity (Wildman–Crippen MR) is 82.7 cm³/mol. The molecule has 1 atom stereocenters. The Hall–Kier alpha value is -1.06. The zero-order valence-corrected chi connectivity index (χ0v) is 12.7. The summed E-state index contributed by atoms with van der Waals surface area (Å²) in [5.41, 5.74) is 0.996. The van der Waals surface area contributed by atoms with Gasteiger partial charge in [0.15, 0.2) is 5.82 Å². The lowest BCUT2D eigenvalue weighted by Gasteiger charge is -2.08. The summed E-state index contributed by atoms with van der Waals surface area (Å²) >= 11 is 7.83. The highest BCUT2D eigenvalue weighted by atomic mass is 35.5. The van der Waals surface area contributed by atoms with Crippen molar-refractivity contribution in [3.05, 3.63) is 41.6 Å². The molecule has 100 valence electrons. The van der Waals surface area contributed by atoms with Crippen molar-refractivity contribution in [3.63, 3.8) is 0 Å². The molecule has 0 saturated carbocycles. The minimum Gasteiger partial charge on any atom is -0.222 e. The molecule has 19 heavy (non-hydrogen) atoms. The number of rotatable bonds is 5.